The minimum absolute atomic E-state index is 0.00670. The highest BCUT2D eigenvalue weighted by molar-refractivity contribution is 7.99. The second-order valence-corrected chi connectivity index (χ2v) is 6.95. The van der Waals surface area contributed by atoms with Gasteiger partial charge in [-0.2, -0.15) is 0 Å². The molecule has 0 aliphatic heterocycles. The van der Waals surface area contributed by atoms with Gasteiger partial charge in [-0.05, 0) is 42.2 Å². The highest BCUT2D eigenvalue weighted by atomic mass is 32.2. The summed E-state index contributed by atoms with van der Waals surface area (Å²) < 4.78 is 18.5. The van der Waals surface area contributed by atoms with E-state index >= 15 is 0 Å². The molecule has 3 aromatic rings. The second kappa shape index (κ2) is 8.27. The molecule has 0 radical (unpaired) electrons. The Labute approximate surface area is 155 Å². The van der Waals surface area contributed by atoms with Gasteiger partial charge in [0.05, 0.1) is 5.75 Å². The zero-order valence-electron chi connectivity index (χ0n) is 14.6. The number of rotatable bonds is 7. The molecule has 0 N–H and O–H groups in total. The van der Waals surface area contributed by atoms with Crippen LogP contribution in [0.15, 0.2) is 58.2 Å². The van der Waals surface area contributed by atoms with Gasteiger partial charge in [-0.1, -0.05) is 49.9 Å². The fraction of sp³-hybridized carbons (Fsp3) is 0.250. The van der Waals surface area contributed by atoms with Gasteiger partial charge < -0.3 is 4.42 Å². The molecule has 1 heterocycles. The molecule has 4 nitrogen and oxygen atoms in total. The van der Waals surface area contributed by atoms with Crippen LogP contribution in [0.5, 0.6) is 0 Å². The molecule has 0 amide bonds. The lowest BCUT2D eigenvalue weighted by Gasteiger charge is -2.09. The van der Waals surface area contributed by atoms with Gasteiger partial charge in [0.25, 0.3) is 5.22 Å². The number of halogens is 1. The van der Waals surface area contributed by atoms with E-state index in [9.17, 15) is 9.18 Å². The SMILES string of the molecule is CCC(C)c1ccc(C(=O)CSc2nnc(-c3ccc(F)cc3)o2)cc1. The molecule has 0 spiro atoms. The number of carbonyl (C=O) groups excluding carboxylic acids is 1. The minimum atomic E-state index is -0.326. The van der Waals surface area contributed by atoms with Crippen LogP contribution in [0.4, 0.5) is 4.39 Å². The molecule has 0 saturated carbocycles. The number of hydrogen-bond donors (Lipinski definition) is 0. The molecule has 1 unspecified atom stereocenters. The van der Waals surface area contributed by atoms with Crippen LogP contribution in [0.25, 0.3) is 11.5 Å². The third kappa shape index (κ3) is 4.38. The maximum atomic E-state index is 13.0. The lowest BCUT2D eigenvalue weighted by Crippen LogP contribution is -2.03. The van der Waals surface area contributed by atoms with Crippen molar-refractivity contribution in [3.05, 3.63) is 65.5 Å². The number of ketones is 1. The van der Waals surface area contributed by atoms with E-state index in [0.29, 0.717) is 28.2 Å². The number of nitrogens with zero attached hydrogens (tertiary/aromatic N) is 2. The fourth-order valence-electron chi connectivity index (χ4n) is 2.42. The maximum absolute atomic E-state index is 13.0. The molecular weight excluding hydrogens is 351 g/mol. The van der Waals surface area contributed by atoms with Crippen molar-refractivity contribution in [1.82, 2.24) is 10.2 Å². The third-order valence-electron chi connectivity index (χ3n) is 4.24. The molecule has 0 aliphatic carbocycles. The number of Topliss-reactive ketones (excluding diaryl/α,β-unsaturated/α-hetero) is 1. The predicted molar refractivity (Wildman–Crippen MR) is 99.9 cm³/mol. The van der Waals surface area contributed by atoms with Crippen molar-refractivity contribution in [2.75, 3.05) is 5.75 Å². The van der Waals surface area contributed by atoms with E-state index in [1.165, 1.54) is 29.5 Å². The molecule has 6 heteroatoms. The van der Waals surface area contributed by atoms with Gasteiger partial charge in [0.15, 0.2) is 5.78 Å². The van der Waals surface area contributed by atoms with Crippen molar-refractivity contribution in [2.45, 2.75) is 31.4 Å². The van der Waals surface area contributed by atoms with Crippen LogP contribution < -0.4 is 0 Å². The summed E-state index contributed by atoms with van der Waals surface area (Å²) in [6.07, 6.45) is 1.07. The monoisotopic (exact) mass is 370 g/mol. The Morgan fingerprint density at radius 1 is 1.12 bits per heavy atom. The fourth-order valence-corrected chi connectivity index (χ4v) is 3.08. The standard InChI is InChI=1S/C20H19FN2O2S/c1-3-13(2)14-4-6-15(7-5-14)18(24)12-26-20-23-22-19(25-20)16-8-10-17(21)11-9-16/h4-11,13H,3,12H2,1-2H3. The quantitative estimate of drug-likeness (QED) is 0.414. The molecular formula is C20H19FN2O2S. The topological polar surface area (TPSA) is 56.0 Å². The Morgan fingerprint density at radius 3 is 2.46 bits per heavy atom. The maximum Gasteiger partial charge on any atom is 0.277 e. The van der Waals surface area contributed by atoms with Crippen molar-refractivity contribution in [3.63, 3.8) is 0 Å². The van der Waals surface area contributed by atoms with E-state index in [2.05, 4.69) is 24.0 Å². The summed E-state index contributed by atoms with van der Waals surface area (Å²) in [5, 5.41) is 8.18. The molecule has 1 aromatic heterocycles. The second-order valence-electron chi connectivity index (χ2n) is 6.02. The molecule has 134 valence electrons. The van der Waals surface area contributed by atoms with Gasteiger partial charge in [-0.3, -0.25) is 4.79 Å². The Morgan fingerprint density at radius 2 is 1.81 bits per heavy atom. The largest absolute Gasteiger partial charge is 0.411 e. The Hall–Kier alpha value is -2.47. The molecule has 1 atom stereocenters. The van der Waals surface area contributed by atoms with E-state index in [0.717, 1.165) is 6.42 Å². The lowest BCUT2D eigenvalue weighted by atomic mass is 9.97. The van der Waals surface area contributed by atoms with Crippen LogP contribution >= 0.6 is 11.8 Å². The first-order valence-electron chi connectivity index (χ1n) is 8.42. The summed E-state index contributed by atoms with van der Waals surface area (Å²) in [6.45, 7) is 4.31. The van der Waals surface area contributed by atoms with Gasteiger partial charge in [0.2, 0.25) is 5.89 Å². The first-order chi connectivity index (χ1) is 12.6. The van der Waals surface area contributed by atoms with Gasteiger partial charge >= 0.3 is 0 Å². The predicted octanol–water partition coefficient (Wildman–Crippen LogP) is 5.36. The first kappa shape index (κ1) is 18.3. The van der Waals surface area contributed by atoms with E-state index in [4.69, 9.17) is 4.42 Å². The summed E-state index contributed by atoms with van der Waals surface area (Å²) >= 11 is 1.19. The average Bonchev–Trinajstić information content (AvgIpc) is 3.15. The highest BCUT2D eigenvalue weighted by Gasteiger charge is 2.13. The van der Waals surface area contributed by atoms with Gasteiger partial charge in [0.1, 0.15) is 5.82 Å². The number of carbonyl (C=O) groups is 1. The van der Waals surface area contributed by atoms with Crippen molar-refractivity contribution >= 4 is 17.5 Å². The van der Waals surface area contributed by atoms with E-state index in [-0.39, 0.29) is 17.4 Å². The van der Waals surface area contributed by atoms with Crippen molar-refractivity contribution in [1.29, 1.82) is 0 Å². The molecule has 0 aliphatic rings. The van der Waals surface area contributed by atoms with E-state index in [1.54, 1.807) is 12.1 Å². The number of thioether (sulfide) groups is 1. The van der Waals surface area contributed by atoms with E-state index < -0.39 is 0 Å². The number of benzene rings is 2. The van der Waals surface area contributed by atoms with Crippen LogP contribution in [0.2, 0.25) is 0 Å². The zero-order chi connectivity index (χ0) is 18.5. The van der Waals surface area contributed by atoms with Gasteiger partial charge in [-0.25, -0.2) is 4.39 Å². The molecule has 0 saturated heterocycles. The van der Waals surface area contributed by atoms with Crippen LogP contribution in [0.3, 0.4) is 0 Å². The third-order valence-corrected chi connectivity index (χ3v) is 5.06. The Kier molecular flexibility index (Phi) is 5.83. The summed E-state index contributed by atoms with van der Waals surface area (Å²) in [7, 11) is 0. The lowest BCUT2D eigenvalue weighted by molar-refractivity contribution is 0.102. The molecule has 0 bridgehead atoms. The first-order valence-corrected chi connectivity index (χ1v) is 9.40. The zero-order valence-corrected chi connectivity index (χ0v) is 15.4. The summed E-state index contributed by atoms with van der Waals surface area (Å²) in [6, 6.07) is 13.5. The summed E-state index contributed by atoms with van der Waals surface area (Å²) in [5.41, 5.74) is 2.54. The van der Waals surface area contributed by atoms with Gasteiger partial charge in [-0.15, -0.1) is 10.2 Å². The van der Waals surface area contributed by atoms with Crippen molar-refractivity contribution < 1.29 is 13.6 Å². The van der Waals surface area contributed by atoms with Crippen molar-refractivity contribution in [2.24, 2.45) is 0 Å². The molecule has 0 fully saturated rings. The smallest absolute Gasteiger partial charge is 0.277 e. The van der Waals surface area contributed by atoms with E-state index in [1.807, 2.05) is 24.3 Å². The number of aromatic nitrogens is 2. The van der Waals surface area contributed by atoms with Gasteiger partial charge in [0, 0.05) is 11.1 Å². The summed E-state index contributed by atoms with van der Waals surface area (Å²) in [4.78, 5) is 12.3. The van der Waals surface area contributed by atoms with Crippen molar-refractivity contribution in [3.8, 4) is 11.5 Å². The minimum Gasteiger partial charge on any atom is -0.411 e. The Balaban J connectivity index is 1.60. The molecule has 2 aromatic carbocycles. The van der Waals surface area contributed by atoms with Crippen LogP contribution in [0, 0.1) is 5.82 Å². The summed E-state index contributed by atoms with van der Waals surface area (Å²) in [5.74, 6) is 0.683. The molecule has 26 heavy (non-hydrogen) atoms. The highest BCUT2D eigenvalue weighted by Crippen LogP contribution is 2.24. The normalized spacial score (nSPS) is 12.1. The number of hydrogen-bond acceptors (Lipinski definition) is 5. The Bertz CT molecular complexity index is 876. The van der Waals surface area contributed by atoms with Crippen LogP contribution in [-0.4, -0.2) is 21.7 Å². The molecule has 3 rings (SSSR count). The average molecular weight is 370 g/mol. The van der Waals surface area contributed by atoms with Crippen LogP contribution in [0.1, 0.15) is 42.1 Å². The van der Waals surface area contributed by atoms with Crippen LogP contribution in [-0.2, 0) is 0 Å².